The van der Waals surface area contributed by atoms with Gasteiger partial charge in [0, 0.05) is 19.5 Å². The monoisotopic (exact) mass is 276 g/mol. The average molecular weight is 276 g/mol. The highest BCUT2D eigenvalue weighted by atomic mass is 16.5. The summed E-state index contributed by atoms with van der Waals surface area (Å²) in [5, 5.41) is 2.77. The largest absolute Gasteiger partial charge is 0.492 e. The minimum atomic E-state index is -0.280. The number of hydrogen-bond acceptors (Lipinski definition) is 3. The minimum absolute atomic E-state index is 0.0339. The highest BCUT2D eigenvalue weighted by Crippen LogP contribution is 2.32. The van der Waals surface area contributed by atoms with E-state index in [2.05, 4.69) is 5.32 Å². The third-order valence-corrected chi connectivity index (χ3v) is 3.30. The molecule has 5 heteroatoms. The molecular formula is C15H20N2O3. The van der Waals surface area contributed by atoms with Gasteiger partial charge in [-0.05, 0) is 26.0 Å². The van der Waals surface area contributed by atoms with Crippen molar-refractivity contribution in [2.24, 2.45) is 5.92 Å². The van der Waals surface area contributed by atoms with Gasteiger partial charge in [-0.25, -0.2) is 0 Å². The second kappa shape index (κ2) is 6.41. The van der Waals surface area contributed by atoms with Crippen LogP contribution in [-0.2, 0) is 9.59 Å². The summed E-state index contributed by atoms with van der Waals surface area (Å²) >= 11 is 0. The zero-order chi connectivity index (χ0) is 14.5. The highest BCUT2D eigenvalue weighted by Gasteiger charge is 2.35. The van der Waals surface area contributed by atoms with Crippen LogP contribution >= 0.6 is 0 Å². The number of nitrogens with zero attached hydrogens (tertiary/aromatic N) is 1. The van der Waals surface area contributed by atoms with Crippen molar-refractivity contribution >= 4 is 17.5 Å². The number of carbonyl (C=O) groups excluding carboxylic acids is 2. The first-order valence-corrected chi connectivity index (χ1v) is 6.97. The summed E-state index contributed by atoms with van der Waals surface area (Å²) in [5.74, 6) is 0.308. The SMILES string of the molecule is CCNC(=O)[C@@H]1CC(=O)N(c2ccccc2OCC)C1. The van der Waals surface area contributed by atoms with Crippen LogP contribution in [0.3, 0.4) is 0 Å². The number of nitrogens with one attached hydrogen (secondary N) is 1. The van der Waals surface area contributed by atoms with Gasteiger partial charge < -0.3 is 15.0 Å². The van der Waals surface area contributed by atoms with Crippen molar-refractivity contribution in [3.05, 3.63) is 24.3 Å². The molecule has 0 radical (unpaired) electrons. The third kappa shape index (κ3) is 2.92. The van der Waals surface area contributed by atoms with E-state index in [-0.39, 0.29) is 24.2 Å². The van der Waals surface area contributed by atoms with Crippen LogP contribution in [0.2, 0.25) is 0 Å². The summed E-state index contributed by atoms with van der Waals surface area (Å²) in [6.07, 6.45) is 0.256. The zero-order valence-corrected chi connectivity index (χ0v) is 11.9. The number of anilines is 1. The van der Waals surface area contributed by atoms with Gasteiger partial charge in [-0.15, -0.1) is 0 Å². The van der Waals surface area contributed by atoms with Crippen LogP contribution in [0.4, 0.5) is 5.69 Å². The van der Waals surface area contributed by atoms with Gasteiger partial charge in [0.2, 0.25) is 11.8 Å². The van der Waals surface area contributed by atoms with Crippen molar-refractivity contribution in [2.45, 2.75) is 20.3 Å². The predicted molar refractivity (Wildman–Crippen MR) is 76.8 cm³/mol. The average Bonchev–Trinajstić information content (AvgIpc) is 2.82. The van der Waals surface area contributed by atoms with Crippen LogP contribution in [0, 0.1) is 5.92 Å². The van der Waals surface area contributed by atoms with Gasteiger partial charge in [0.05, 0.1) is 18.2 Å². The molecule has 1 aromatic carbocycles. The van der Waals surface area contributed by atoms with E-state index >= 15 is 0 Å². The van der Waals surface area contributed by atoms with Gasteiger partial charge in [0.1, 0.15) is 5.75 Å². The molecular weight excluding hydrogens is 256 g/mol. The maximum Gasteiger partial charge on any atom is 0.227 e. The Hall–Kier alpha value is -2.04. The Labute approximate surface area is 118 Å². The van der Waals surface area contributed by atoms with Crippen LogP contribution in [0.5, 0.6) is 5.75 Å². The Kier molecular flexibility index (Phi) is 4.61. The second-order valence-electron chi connectivity index (χ2n) is 4.70. The Morgan fingerprint density at radius 2 is 2.15 bits per heavy atom. The van der Waals surface area contributed by atoms with Crippen molar-refractivity contribution in [2.75, 3.05) is 24.6 Å². The summed E-state index contributed by atoms with van der Waals surface area (Å²) in [5.41, 5.74) is 0.742. The van der Waals surface area contributed by atoms with Gasteiger partial charge in [0.15, 0.2) is 0 Å². The highest BCUT2D eigenvalue weighted by molar-refractivity contribution is 6.01. The molecule has 1 fully saturated rings. The van der Waals surface area contributed by atoms with E-state index in [1.807, 2.05) is 38.1 Å². The smallest absolute Gasteiger partial charge is 0.227 e. The molecule has 1 saturated heterocycles. The molecule has 0 aromatic heterocycles. The number of carbonyl (C=O) groups is 2. The van der Waals surface area contributed by atoms with Crippen molar-refractivity contribution in [1.82, 2.24) is 5.32 Å². The molecule has 0 bridgehead atoms. The normalized spacial score (nSPS) is 18.2. The molecule has 2 amide bonds. The molecule has 20 heavy (non-hydrogen) atoms. The van der Waals surface area contributed by atoms with E-state index in [1.165, 1.54) is 0 Å². The molecule has 0 spiro atoms. The van der Waals surface area contributed by atoms with Crippen molar-refractivity contribution in [3.8, 4) is 5.75 Å². The lowest BCUT2D eigenvalue weighted by Gasteiger charge is -2.20. The molecule has 1 atom stereocenters. The third-order valence-electron chi connectivity index (χ3n) is 3.30. The van der Waals surface area contributed by atoms with Crippen LogP contribution in [0.15, 0.2) is 24.3 Å². The molecule has 1 heterocycles. The summed E-state index contributed by atoms with van der Waals surface area (Å²) in [6, 6.07) is 7.43. The summed E-state index contributed by atoms with van der Waals surface area (Å²) in [6.45, 7) is 5.31. The van der Waals surface area contributed by atoms with E-state index in [0.29, 0.717) is 25.4 Å². The van der Waals surface area contributed by atoms with Crippen LogP contribution in [-0.4, -0.2) is 31.5 Å². The van der Waals surface area contributed by atoms with E-state index in [1.54, 1.807) is 4.90 Å². The zero-order valence-electron chi connectivity index (χ0n) is 11.9. The predicted octanol–water partition coefficient (Wildman–Crippen LogP) is 1.57. The maximum atomic E-state index is 12.1. The maximum absolute atomic E-state index is 12.1. The molecule has 5 nitrogen and oxygen atoms in total. The molecule has 1 N–H and O–H groups in total. The van der Waals surface area contributed by atoms with Crippen molar-refractivity contribution < 1.29 is 14.3 Å². The number of rotatable bonds is 5. The molecule has 0 saturated carbocycles. The number of hydrogen-bond donors (Lipinski definition) is 1. The summed E-state index contributed by atoms with van der Waals surface area (Å²) in [7, 11) is 0. The first kappa shape index (κ1) is 14.4. The fourth-order valence-corrected chi connectivity index (χ4v) is 2.39. The molecule has 1 aliphatic rings. The topological polar surface area (TPSA) is 58.6 Å². The molecule has 0 aliphatic carbocycles. The van der Waals surface area contributed by atoms with Crippen molar-refractivity contribution in [1.29, 1.82) is 0 Å². The number of para-hydroxylation sites is 2. The fraction of sp³-hybridized carbons (Fsp3) is 0.467. The van der Waals surface area contributed by atoms with Gasteiger partial charge in [-0.3, -0.25) is 9.59 Å². The first-order chi connectivity index (χ1) is 9.67. The molecule has 108 valence electrons. The first-order valence-electron chi connectivity index (χ1n) is 6.97. The van der Waals surface area contributed by atoms with E-state index in [9.17, 15) is 9.59 Å². The van der Waals surface area contributed by atoms with Crippen molar-refractivity contribution in [3.63, 3.8) is 0 Å². The fourth-order valence-electron chi connectivity index (χ4n) is 2.39. The number of amides is 2. The lowest BCUT2D eigenvalue weighted by Crippen LogP contribution is -2.32. The number of ether oxygens (including phenoxy) is 1. The molecule has 1 aliphatic heterocycles. The summed E-state index contributed by atoms with van der Waals surface area (Å²) < 4.78 is 5.55. The van der Waals surface area contributed by atoms with Gasteiger partial charge in [-0.1, -0.05) is 12.1 Å². The van der Waals surface area contributed by atoms with Crippen LogP contribution in [0.1, 0.15) is 20.3 Å². The van der Waals surface area contributed by atoms with Gasteiger partial charge in [0.25, 0.3) is 0 Å². The Bertz CT molecular complexity index is 502. The van der Waals surface area contributed by atoms with Crippen LogP contribution in [0.25, 0.3) is 0 Å². The lowest BCUT2D eigenvalue weighted by atomic mass is 10.1. The summed E-state index contributed by atoms with van der Waals surface area (Å²) in [4.78, 5) is 25.6. The lowest BCUT2D eigenvalue weighted by molar-refractivity contribution is -0.126. The number of benzene rings is 1. The van der Waals surface area contributed by atoms with E-state index < -0.39 is 0 Å². The minimum Gasteiger partial charge on any atom is -0.492 e. The van der Waals surface area contributed by atoms with Gasteiger partial charge in [-0.2, -0.15) is 0 Å². The standard InChI is InChI=1S/C15H20N2O3/c1-3-16-15(19)11-9-14(18)17(10-11)12-7-5-6-8-13(12)20-4-2/h5-8,11H,3-4,9-10H2,1-2H3,(H,16,19)/t11-/m1/s1. The van der Waals surface area contributed by atoms with Gasteiger partial charge >= 0.3 is 0 Å². The second-order valence-corrected chi connectivity index (χ2v) is 4.70. The Morgan fingerprint density at radius 1 is 1.40 bits per heavy atom. The Morgan fingerprint density at radius 3 is 2.85 bits per heavy atom. The quantitative estimate of drug-likeness (QED) is 0.888. The molecule has 0 unspecified atom stereocenters. The van der Waals surface area contributed by atoms with E-state index in [0.717, 1.165) is 5.69 Å². The van der Waals surface area contributed by atoms with Crippen LogP contribution < -0.4 is 15.0 Å². The molecule has 2 rings (SSSR count). The van der Waals surface area contributed by atoms with E-state index in [4.69, 9.17) is 4.74 Å². The Balaban J connectivity index is 2.17. The molecule has 1 aromatic rings.